The van der Waals surface area contributed by atoms with Crippen molar-refractivity contribution in [1.29, 1.82) is 0 Å². The summed E-state index contributed by atoms with van der Waals surface area (Å²) in [5.41, 5.74) is 8.38. The minimum Gasteiger partial charge on any atom is -0.397 e. The summed E-state index contributed by atoms with van der Waals surface area (Å²) in [7, 11) is 0. The number of anilines is 2. The quantitative estimate of drug-likeness (QED) is 0.876. The van der Waals surface area contributed by atoms with Gasteiger partial charge in [0.25, 0.3) is 0 Å². The third kappa shape index (κ3) is 2.74. The van der Waals surface area contributed by atoms with Gasteiger partial charge in [0, 0.05) is 11.1 Å². The number of pyridine rings is 1. The number of rotatable bonds is 3. The van der Waals surface area contributed by atoms with Crippen molar-refractivity contribution in [3.8, 4) is 0 Å². The first-order valence-corrected chi connectivity index (χ1v) is 6.29. The van der Waals surface area contributed by atoms with E-state index in [1.165, 1.54) is 4.88 Å². The van der Waals surface area contributed by atoms with E-state index in [1.807, 2.05) is 19.9 Å². The van der Waals surface area contributed by atoms with Crippen LogP contribution in [0.2, 0.25) is 0 Å². The minimum absolute atomic E-state index is 0.213. The van der Waals surface area contributed by atoms with E-state index >= 15 is 0 Å². The van der Waals surface area contributed by atoms with Gasteiger partial charge in [-0.2, -0.15) is 0 Å². The molecule has 17 heavy (non-hydrogen) atoms. The fourth-order valence-electron chi connectivity index (χ4n) is 1.80. The summed E-state index contributed by atoms with van der Waals surface area (Å²) in [5, 5.41) is 4.48. The van der Waals surface area contributed by atoms with Crippen LogP contribution in [-0.2, 0) is 0 Å². The Kier molecular flexibility index (Phi) is 3.28. The minimum atomic E-state index is 0.213. The molecule has 0 aromatic carbocycles. The third-order valence-electron chi connectivity index (χ3n) is 2.48. The molecule has 0 aliphatic rings. The van der Waals surface area contributed by atoms with Crippen molar-refractivity contribution in [2.24, 2.45) is 0 Å². The van der Waals surface area contributed by atoms with E-state index in [1.54, 1.807) is 23.7 Å². The van der Waals surface area contributed by atoms with Crippen LogP contribution in [0.5, 0.6) is 0 Å². The summed E-state index contributed by atoms with van der Waals surface area (Å²) in [4.78, 5) is 9.74. The van der Waals surface area contributed by atoms with Gasteiger partial charge in [-0.05, 0) is 26.8 Å². The lowest BCUT2D eigenvalue weighted by molar-refractivity contribution is 0.888. The number of nitrogens with two attached hydrogens (primary N) is 1. The largest absolute Gasteiger partial charge is 0.397 e. The van der Waals surface area contributed by atoms with Gasteiger partial charge in [0.05, 0.1) is 34.3 Å². The van der Waals surface area contributed by atoms with Crippen molar-refractivity contribution in [3.63, 3.8) is 0 Å². The Bertz CT molecular complexity index is 521. The second-order valence-corrected chi connectivity index (χ2v) is 5.29. The van der Waals surface area contributed by atoms with Gasteiger partial charge in [-0.15, -0.1) is 11.3 Å². The van der Waals surface area contributed by atoms with Crippen LogP contribution in [0.1, 0.15) is 28.5 Å². The summed E-state index contributed by atoms with van der Waals surface area (Å²) >= 11 is 1.72. The first kappa shape index (κ1) is 11.9. The molecule has 0 fully saturated rings. The van der Waals surface area contributed by atoms with Crippen molar-refractivity contribution < 1.29 is 0 Å². The molecule has 2 aromatic heterocycles. The summed E-state index contributed by atoms with van der Waals surface area (Å²) in [5.74, 6) is 0. The Morgan fingerprint density at radius 1 is 1.35 bits per heavy atom. The zero-order chi connectivity index (χ0) is 12.4. The molecule has 0 bridgehead atoms. The zero-order valence-corrected chi connectivity index (χ0v) is 11.0. The average molecular weight is 248 g/mol. The van der Waals surface area contributed by atoms with E-state index in [4.69, 9.17) is 5.73 Å². The highest BCUT2D eigenvalue weighted by Gasteiger charge is 2.12. The lowest BCUT2D eigenvalue weighted by Crippen LogP contribution is -2.06. The number of thiazole rings is 1. The Labute approximate surface area is 105 Å². The normalized spacial score (nSPS) is 12.4. The van der Waals surface area contributed by atoms with Crippen molar-refractivity contribution >= 4 is 22.7 Å². The molecule has 0 amide bonds. The summed E-state index contributed by atoms with van der Waals surface area (Å²) in [6, 6.07) is 2.09. The molecule has 3 N–H and O–H groups in total. The molecule has 2 heterocycles. The number of nitrogens with one attached hydrogen (secondary N) is 1. The summed E-state index contributed by atoms with van der Waals surface area (Å²) in [6.45, 7) is 6.17. The maximum atomic E-state index is 5.69. The van der Waals surface area contributed by atoms with Crippen LogP contribution >= 0.6 is 11.3 Å². The number of aromatic nitrogens is 2. The van der Waals surface area contributed by atoms with Gasteiger partial charge < -0.3 is 11.1 Å². The average Bonchev–Trinajstić information content (AvgIpc) is 2.58. The highest BCUT2D eigenvalue weighted by atomic mass is 32.1. The number of nitrogen functional groups attached to an aromatic ring is 1. The molecule has 2 rings (SSSR count). The van der Waals surface area contributed by atoms with E-state index in [2.05, 4.69) is 22.2 Å². The van der Waals surface area contributed by atoms with Gasteiger partial charge in [-0.3, -0.25) is 4.98 Å². The van der Waals surface area contributed by atoms with E-state index in [0.717, 1.165) is 16.4 Å². The molecule has 0 aliphatic carbocycles. The molecular formula is C12H16N4S. The molecular weight excluding hydrogens is 232 g/mol. The number of hydrogen-bond donors (Lipinski definition) is 2. The van der Waals surface area contributed by atoms with E-state index in [-0.39, 0.29) is 6.04 Å². The lowest BCUT2D eigenvalue weighted by atomic mass is 10.2. The molecule has 0 saturated carbocycles. The lowest BCUT2D eigenvalue weighted by Gasteiger charge is -2.14. The summed E-state index contributed by atoms with van der Waals surface area (Å²) in [6.07, 6.45) is 3.41. The molecule has 1 unspecified atom stereocenters. The van der Waals surface area contributed by atoms with Crippen LogP contribution in [-0.4, -0.2) is 9.97 Å². The summed E-state index contributed by atoms with van der Waals surface area (Å²) < 4.78 is 0. The third-order valence-corrected chi connectivity index (χ3v) is 3.73. The van der Waals surface area contributed by atoms with Crippen LogP contribution in [0.15, 0.2) is 18.5 Å². The van der Waals surface area contributed by atoms with Crippen molar-refractivity contribution in [2.75, 3.05) is 11.1 Å². The van der Waals surface area contributed by atoms with Crippen LogP contribution in [0.4, 0.5) is 11.4 Å². The van der Waals surface area contributed by atoms with E-state index < -0.39 is 0 Å². The predicted octanol–water partition coefficient (Wildman–Crippen LogP) is 2.91. The van der Waals surface area contributed by atoms with Crippen LogP contribution in [0, 0.1) is 13.8 Å². The number of aryl methyl sites for hydroxylation is 2. The first-order valence-electron chi connectivity index (χ1n) is 5.47. The molecule has 1 atom stereocenters. The molecule has 0 spiro atoms. The smallest absolute Gasteiger partial charge is 0.0900 e. The van der Waals surface area contributed by atoms with E-state index in [0.29, 0.717) is 5.69 Å². The monoisotopic (exact) mass is 248 g/mol. The number of hydrogen-bond acceptors (Lipinski definition) is 5. The molecule has 90 valence electrons. The molecule has 2 aromatic rings. The number of nitrogens with zero attached hydrogens (tertiary/aromatic N) is 2. The predicted molar refractivity (Wildman–Crippen MR) is 72.3 cm³/mol. The highest BCUT2D eigenvalue weighted by molar-refractivity contribution is 7.11. The first-order chi connectivity index (χ1) is 8.06. The van der Waals surface area contributed by atoms with Crippen molar-refractivity contribution in [2.45, 2.75) is 26.8 Å². The zero-order valence-electron chi connectivity index (χ0n) is 10.2. The van der Waals surface area contributed by atoms with Gasteiger partial charge in [-0.1, -0.05) is 0 Å². The van der Waals surface area contributed by atoms with Gasteiger partial charge in [0.15, 0.2) is 0 Å². The fourth-order valence-corrected chi connectivity index (χ4v) is 2.73. The molecule has 0 aliphatic heterocycles. The van der Waals surface area contributed by atoms with Gasteiger partial charge in [0.1, 0.15) is 0 Å². The molecule has 5 heteroatoms. The highest BCUT2D eigenvalue weighted by Crippen LogP contribution is 2.27. The Morgan fingerprint density at radius 3 is 2.71 bits per heavy atom. The second-order valence-electron chi connectivity index (χ2n) is 4.06. The fraction of sp³-hybridized carbons (Fsp3) is 0.333. The Hall–Kier alpha value is -1.62. The van der Waals surface area contributed by atoms with Gasteiger partial charge in [0.2, 0.25) is 0 Å². The van der Waals surface area contributed by atoms with Gasteiger partial charge in [-0.25, -0.2) is 4.98 Å². The van der Waals surface area contributed by atoms with Crippen LogP contribution in [0.3, 0.4) is 0 Å². The van der Waals surface area contributed by atoms with Crippen LogP contribution in [0.25, 0.3) is 0 Å². The Balaban J connectivity index is 2.16. The molecule has 0 radical (unpaired) electrons. The maximum absolute atomic E-state index is 5.69. The van der Waals surface area contributed by atoms with Crippen molar-refractivity contribution in [3.05, 3.63) is 34.0 Å². The van der Waals surface area contributed by atoms with Crippen molar-refractivity contribution in [1.82, 2.24) is 9.97 Å². The second kappa shape index (κ2) is 4.71. The topological polar surface area (TPSA) is 63.8 Å². The Morgan fingerprint density at radius 2 is 2.12 bits per heavy atom. The maximum Gasteiger partial charge on any atom is 0.0900 e. The standard InChI is InChI=1S/C12H16N4S/c1-7-12(17-9(3)15-7)8(2)16-11-4-10(13)5-14-6-11/h4-6,8,16H,13H2,1-3H3. The van der Waals surface area contributed by atoms with E-state index in [9.17, 15) is 0 Å². The SMILES string of the molecule is Cc1nc(C)c(C(C)Nc2cncc(N)c2)s1. The van der Waals surface area contributed by atoms with Crippen LogP contribution < -0.4 is 11.1 Å². The molecule has 4 nitrogen and oxygen atoms in total. The van der Waals surface area contributed by atoms with Gasteiger partial charge >= 0.3 is 0 Å². The molecule has 0 saturated heterocycles.